The van der Waals surface area contributed by atoms with Crippen LogP contribution in [0, 0.1) is 23.7 Å². The van der Waals surface area contributed by atoms with Crippen LogP contribution in [0.3, 0.4) is 0 Å². The van der Waals surface area contributed by atoms with E-state index in [0.29, 0.717) is 47.8 Å². The lowest BCUT2D eigenvalue weighted by atomic mass is 9.82. The third-order valence-corrected chi connectivity index (χ3v) is 6.73. The average Bonchev–Trinajstić information content (AvgIpc) is 3.40. The van der Waals surface area contributed by atoms with Crippen LogP contribution in [0.15, 0.2) is 12.1 Å². The van der Waals surface area contributed by atoms with Gasteiger partial charge in [0, 0.05) is 18.7 Å². The van der Waals surface area contributed by atoms with Gasteiger partial charge in [0.2, 0.25) is 5.75 Å². The second kappa shape index (κ2) is 7.58. The normalized spacial score (nSPS) is 28.3. The van der Waals surface area contributed by atoms with Gasteiger partial charge in [-0.15, -0.1) is 0 Å². The highest BCUT2D eigenvalue weighted by atomic mass is 16.5. The minimum atomic E-state index is 0.0638. The van der Waals surface area contributed by atoms with E-state index in [1.54, 1.807) is 26.4 Å². The van der Waals surface area contributed by atoms with Gasteiger partial charge in [-0.1, -0.05) is 0 Å². The Labute approximate surface area is 160 Å². The number of likely N-dealkylation sites (tertiary alicyclic amines) is 1. The second-order valence-electron chi connectivity index (χ2n) is 8.07. The molecule has 4 rings (SSSR count). The molecule has 3 aliphatic rings. The third kappa shape index (κ3) is 3.24. The smallest absolute Gasteiger partial charge is 0.254 e. The van der Waals surface area contributed by atoms with Crippen molar-refractivity contribution < 1.29 is 19.0 Å². The summed E-state index contributed by atoms with van der Waals surface area (Å²) in [6.45, 7) is 2.82. The van der Waals surface area contributed by atoms with E-state index < -0.39 is 0 Å². The van der Waals surface area contributed by atoms with Gasteiger partial charge in [0.05, 0.1) is 20.8 Å². The monoisotopic (exact) mass is 374 g/mol. The molecule has 27 heavy (non-hydrogen) atoms. The number of benzene rings is 1. The molecular formula is C21H30N2O4. The van der Waals surface area contributed by atoms with Gasteiger partial charge < -0.3 is 24.8 Å². The van der Waals surface area contributed by atoms with Gasteiger partial charge in [-0.05, 0) is 68.0 Å². The van der Waals surface area contributed by atoms with E-state index in [1.807, 2.05) is 4.90 Å². The lowest BCUT2D eigenvalue weighted by Crippen LogP contribution is -2.30. The van der Waals surface area contributed by atoms with Crippen LogP contribution in [0.2, 0.25) is 0 Å². The molecule has 1 aliphatic heterocycles. The summed E-state index contributed by atoms with van der Waals surface area (Å²) in [6.07, 6.45) is 4.83. The van der Waals surface area contributed by atoms with E-state index in [-0.39, 0.29) is 5.91 Å². The van der Waals surface area contributed by atoms with Crippen molar-refractivity contribution in [1.29, 1.82) is 0 Å². The Morgan fingerprint density at radius 3 is 2.22 bits per heavy atom. The fourth-order valence-corrected chi connectivity index (χ4v) is 5.43. The molecule has 1 aromatic rings. The summed E-state index contributed by atoms with van der Waals surface area (Å²) >= 11 is 0. The average molecular weight is 374 g/mol. The van der Waals surface area contributed by atoms with E-state index in [9.17, 15) is 4.79 Å². The molecule has 148 valence electrons. The zero-order valence-electron chi connectivity index (χ0n) is 16.3. The van der Waals surface area contributed by atoms with Crippen molar-refractivity contribution in [2.75, 3.05) is 40.5 Å². The van der Waals surface area contributed by atoms with Crippen LogP contribution in [0.25, 0.3) is 0 Å². The SMILES string of the molecule is COc1cc(C(=O)N2C[C@@H]3[C@@H]4CC[C@@H](C4)[C@@H]3C2)cc(OC)c1OCCCN. The maximum absolute atomic E-state index is 13.2. The Morgan fingerprint density at radius 1 is 1.11 bits per heavy atom. The highest BCUT2D eigenvalue weighted by molar-refractivity contribution is 5.96. The van der Waals surface area contributed by atoms with Crippen LogP contribution >= 0.6 is 0 Å². The summed E-state index contributed by atoms with van der Waals surface area (Å²) in [5.41, 5.74) is 6.14. The van der Waals surface area contributed by atoms with Crippen molar-refractivity contribution in [3.63, 3.8) is 0 Å². The van der Waals surface area contributed by atoms with Crippen molar-refractivity contribution in [3.8, 4) is 17.2 Å². The zero-order valence-corrected chi connectivity index (χ0v) is 16.3. The molecule has 1 heterocycles. The topological polar surface area (TPSA) is 74.0 Å². The van der Waals surface area contributed by atoms with Crippen LogP contribution < -0.4 is 19.9 Å². The van der Waals surface area contributed by atoms with Gasteiger partial charge in [0.1, 0.15) is 0 Å². The first-order chi connectivity index (χ1) is 13.2. The number of nitrogens with two attached hydrogens (primary N) is 1. The number of methoxy groups -OCH3 is 2. The Balaban J connectivity index is 1.53. The molecule has 0 spiro atoms. The van der Waals surface area contributed by atoms with Crippen molar-refractivity contribution in [3.05, 3.63) is 17.7 Å². The number of fused-ring (bicyclic) bond motifs is 5. The number of rotatable bonds is 7. The van der Waals surface area contributed by atoms with E-state index in [1.165, 1.54) is 19.3 Å². The quantitative estimate of drug-likeness (QED) is 0.743. The molecule has 6 nitrogen and oxygen atoms in total. The van der Waals surface area contributed by atoms with Crippen LogP contribution in [0.4, 0.5) is 0 Å². The van der Waals surface area contributed by atoms with Crippen molar-refractivity contribution >= 4 is 5.91 Å². The van der Waals surface area contributed by atoms with Gasteiger partial charge in [0.25, 0.3) is 5.91 Å². The molecule has 1 amide bonds. The second-order valence-corrected chi connectivity index (χ2v) is 8.07. The van der Waals surface area contributed by atoms with E-state index >= 15 is 0 Å². The first-order valence-corrected chi connectivity index (χ1v) is 10.0. The summed E-state index contributed by atoms with van der Waals surface area (Å²) in [7, 11) is 3.16. The summed E-state index contributed by atoms with van der Waals surface area (Å²) < 4.78 is 16.8. The van der Waals surface area contributed by atoms with Gasteiger partial charge in [-0.2, -0.15) is 0 Å². The molecule has 1 aromatic carbocycles. The zero-order chi connectivity index (χ0) is 19.0. The molecule has 0 radical (unpaired) electrons. The summed E-state index contributed by atoms with van der Waals surface area (Å²) in [6, 6.07) is 3.54. The fourth-order valence-electron chi connectivity index (χ4n) is 5.43. The van der Waals surface area contributed by atoms with Gasteiger partial charge in [0.15, 0.2) is 11.5 Å². The molecule has 2 bridgehead atoms. The molecule has 0 aromatic heterocycles. The van der Waals surface area contributed by atoms with Gasteiger partial charge in [-0.25, -0.2) is 0 Å². The first kappa shape index (κ1) is 18.4. The van der Waals surface area contributed by atoms with Crippen molar-refractivity contribution in [1.82, 2.24) is 4.90 Å². The van der Waals surface area contributed by atoms with E-state index in [2.05, 4.69) is 0 Å². The molecule has 3 fully saturated rings. The number of ether oxygens (including phenoxy) is 3. The van der Waals surface area contributed by atoms with Gasteiger partial charge >= 0.3 is 0 Å². The predicted octanol–water partition coefficient (Wildman–Crippen LogP) is 2.55. The van der Waals surface area contributed by atoms with Crippen LogP contribution in [-0.4, -0.2) is 51.3 Å². The predicted molar refractivity (Wildman–Crippen MR) is 102 cm³/mol. The number of hydrogen-bond donors (Lipinski definition) is 1. The minimum absolute atomic E-state index is 0.0638. The third-order valence-electron chi connectivity index (χ3n) is 6.73. The van der Waals surface area contributed by atoms with Crippen LogP contribution in [0.1, 0.15) is 36.0 Å². The van der Waals surface area contributed by atoms with Gasteiger partial charge in [-0.3, -0.25) is 4.79 Å². The van der Waals surface area contributed by atoms with Crippen LogP contribution in [-0.2, 0) is 0 Å². The number of amides is 1. The number of carbonyl (C=O) groups is 1. The Bertz CT molecular complexity index is 664. The molecular weight excluding hydrogens is 344 g/mol. The largest absolute Gasteiger partial charge is 0.493 e. The summed E-state index contributed by atoms with van der Waals surface area (Å²) in [4.78, 5) is 15.2. The highest BCUT2D eigenvalue weighted by Gasteiger charge is 2.52. The first-order valence-electron chi connectivity index (χ1n) is 10.0. The van der Waals surface area contributed by atoms with E-state index in [0.717, 1.165) is 31.3 Å². The minimum Gasteiger partial charge on any atom is -0.493 e. The lowest BCUT2D eigenvalue weighted by Gasteiger charge is -2.22. The van der Waals surface area contributed by atoms with Crippen molar-refractivity contribution in [2.24, 2.45) is 29.4 Å². The molecule has 1 saturated heterocycles. The standard InChI is InChI=1S/C21H30N2O4/c1-25-18-9-15(10-19(26-2)20(18)27-7-3-6-22)21(24)23-11-16-13-4-5-14(8-13)17(16)12-23/h9-10,13-14,16-17H,3-8,11-12,22H2,1-2H3/t13-,14+,16-,17+. The molecule has 2 saturated carbocycles. The lowest BCUT2D eigenvalue weighted by molar-refractivity contribution is 0.0775. The van der Waals surface area contributed by atoms with E-state index in [4.69, 9.17) is 19.9 Å². The summed E-state index contributed by atoms with van der Waals surface area (Å²) in [5.74, 6) is 4.71. The number of hydrogen-bond acceptors (Lipinski definition) is 5. The molecule has 2 N–H and O–H groups in total. The molecule has 4 atom stereocenters. The maximum atomic E-state index is 13.2. The Hall–Kier alpha value is -1.95. The molecule has 2 aliphatic carbocycles. The number of nitrogens with zero attached hydrogens (tertiary/aromatic N) is 1. The highest BCUT2D eigenvalue weighted by Crippen LogP contribution is 2.55. The Kier molecular flexibility index (Phi) is 5.17. The molecule has 6 heteroatoms. The molecule has 0 unspecified atom stereocenters. The van der Waals surface area contributed by atoms with Crippen molar-refractivity contribution in [2.45, 2.75) is 25.7 Å². The fraction of sp³-hybridized carbons (Fsp3) is 0.667. The van der Waals surface area contributed by atoms with Crippen LogP contribution in [0.5, 0.6) is 17.2 Å². The maximum Gasteiger partial charge on any atom is 0.254 e. The number of carbonyl (C=O) groups excluding carboxylic acids is 1. The summed E-state index contributed by atoms with van der Waals surface area (Å²) in [5, 5.41) is 0. The Morgan fingerprint density at radius 2 is 1.70 bits per heavy atom.